The molecule has 1 N–H and O–H groups in total. The highest BCUT2D eigenvalue weighted by Crippen LogP contribution is 2.36. The Labute approximate surface area is 183 Å². The number of aromatic hydroxyl groups is 1. The molecule has 0 heterocycles. The molecule has 0 aliphatic heterocycles. The van der Waals surface area contributed by atoms with Crippen molar-refractivity contribution in [3.8, 4) is 22.6 Å². The highest BCUT2D eigenvalue weighted by atomic mass is 19.4. The molecule has 3 aromatic carbocycles. The highest BCUT2D eigenvalue weighted by molar-refractivity contribution is 5.72. The van der Waals surface area contributed by atoms with Crippen molar-refractivity contribution < 1.29 is 31.8 Å². The van der Waals surface area contributed by atoms with Crippen LogP contribution in [-0.2, 0) is 19.3 Å². The predicted octanol–water partition coefficient (Wildman–Crippen LogP) is 7.36. The number of unbranched alkanes of at least 4 members (excludes halogenated alkanes) is 1. The van der Waals surface area contributed by atoms with Crippen molar-refractivity contribution >= 4 is 0 Å². The van der Waals surface area contributed by atoms with Crippen LogP contribution in [0.15, 0.2) is 54.6 Å². The zero-order valence-electron chi connectivity index (χ0n) is 17.5. The SMILES string of the molecule is CCCCc1ccc(-c2c(O)cc(F)c(CCc3ccc(OC(F)(F)F)cc3)c2F)cc1. The van der Waals surface area contributed by atoms with Gasteiger partial charge in [-0.3, -0.25) is 0 Å². The summed E-state index contributed by atoms with van der Waals surface area (Å²) in [6.45, 7) is 2.09. The summed E-state index contributed by atoms with van der Waals surface area (Å²) in [6.07, 6.45) is -1.64. The van der Waals surface area contributed by atoms with Gasteiger partial charge in [-0.1, -0.05) is 49.7 Å². The van der Waals surface area contributed by atoms with E-state index in [9.17, 15) is 22.7 Å². The second-order valence-corrected chi connectivity index (χ2v) is 7.54. The maximum absolute atomic E-state index is 15.2. The molecule has 3 rings (SSSR count). The van der Waals surface area contributed by atoms with Gasteiger partial charge >= 0.3 is 6.36 Å². The van der Waals surface area contributed by atoms with Crippen molar-refractivity contribution in [2.24, 2.45) is 0 Å². The molecule has 3 aromatic rings. The van der Waals surface area contributed by atoms with Crippen molar-refractivity contribution in [3.05, 3.63) is 82.9 Å². The topological polar surface area (TPSA) is 29.5 Å². The monoisotopic (exact) mass is 450 g/mol. The number of phenols is 1. The number of rotatable bonds is 8. The maximum atomic E-state index is 15.2. The molecule has 2 nitrogen and oxygen atoms in total. The van der Waals surface area contributed by atoms with Gasteiger partial charge in [0.05, 0.1) is 5.56 Å². The number of halogens is 5. The molecular formula is C25H23F5O2. The van der Waals surface area contributed by atoms with E-state index in [4.69, 9.17) is 0 Å². The standard InChI is InChI=1S/C25H23F5O2/c1-2-3-4-16-5-10-18(11-6-16)23-22(31)15-21(26)20(24(23)27)14-9-17-7-12-19(13-8-17)32-25(28,29)30/h5-8,10-13,15,31H,2-4,9,14H2,1H3. The van der Waals surface area contributed by atoms with Crippen LogP contribution < -0.4 is 4.74 Å². The lowest BCUT2D eigenvalue weighted by molar-refractivity contribution is -0.274. The number of phenolic OH excluding ortho intramolecular Hbond substituents is 1. The van der Waals surface area contributed by atoms with Crippen LogP contribution >= 0.6 is 0 Å². The molecule has 0 saturated heterocycles. The second-order valence-electron chi connectivity index (χ2n) is 7.54. The van der Waals surface area contributed by atoms with E-state index in [1.807, 2.05) is 12.1 Å². The molecule has 0 fully saturated rings. The smallest absolute Gasteiger partial charge is 0.507 e. The Hall–Kier alpha value is -3.09. The van der Waals surface area contributed by atoms with Crippen LogP contribution in [0.4, 0.5) is 22.0 Å². The first-order valence-corrected chi connectivity index (χ1v) is 10.3. The molecule has 0 aliphatic carbocycles. The van der Waals surface area contributed by atoms with E-state index in [-0.39, 0.29) is 29.7 Å². The zero-order valence-corrected chi connectivity index (χ0v) is 17.5. The minimum absolute atomic E-state index is 0.0288. The Morgan fingerprint density at radius 1 is 0.844 bits per heavy atom. The Morgan fingerprint density at radius 3 is 2.03 bits per heavy atom. The number of aryl methyl sites for hydroxylation is 2. The van der Waals surface area contributed by atoms with Crippen LogP contribution in [0.3, 0.4) is 0 Å². The molecule has 170 valence electrons. The van der Waals surface area contributed by atoms with Crippen LogP contribution in [0.1, 0.15) is 36.5 Å². The normalized spacial score (nSPS) is 11.6. The fourth-order valence-electron chi connectivity index (χ4n) is 3.50. The lowest BCUT2D eigenvalue weighted by Crippen LogP contribution is -2.17. The zero-order chi connectivity index (χ0) is 23.3. The van der Waals surface area contributed by atoms with Gasteiger partial charge < -0.3 is 9.84 Å². The van der Waals surface area contributed by atoms with Gasteiger partial charge in [-0.15, -0.1) is 13.2 Å². The summed E-state index contributed by atoms with van der Waals surface area (Å²) in [5, 5.41) is 10.2. The van der Waals surface area contributed by atoms with Crippen LogP contribution in [0.2, 0.25) is 0 Å². The second kappa shape index (κ2) is 10.0. The molecule has 0 atom stereocenters. The quantitative estimate of drug-likeness (QED) is 0.363. The van der Waals surface area contributed by atoms with Crippen LogP contribution in [-0.4, -0.2) is 11.5 Å². The fourth-order valence-corrected chi connectivity index (χ4v) is 3.50. The highest BCUT2D eigenvalue weighted by Gasteiger charge is 2.31. The summed E-state index contributed by atoms with van der Waals surface area (Å²) in [7, 11) is 0. The molecule has 7 heteroatoms. The van der Waals surface area contributed by atoms with Crippen LogP contribution in [0.25, 0.3) is 11.1 Å². The summed E-state index contributed by atoms with van der Waals surface area (Å²) in [5.74, 6) is -2.58. The van der Waals surface area contributed by atoms with E-state index in [2.05, 4.69) is 11.7 Å². The number of benzene rings is 3. The average molecular weight is 450 g/mol. The van der Waals surface area contributed by atoms with Gasteiger partial charge in [0.2, 0.25) is 0 Å². The van der Waals surface area contributed by atoms with E-state index in [0.29, 0.717) is 11.1 Å². The lowest BCUT2D eigenvalue weighted by Gasteiger charge is -2.13. The summed E-state index contributed by atoms with van der Waals surface area (Å²) >= 11 is 0. The minimum Gasteiger partial charge on any atom is -0.507 e. The number of hydrogen-bond donors (Lipinski definition) is 1. The molecule has 0 amide bonds. The Morgan fingerprint density at radius 2 is 1.44 bits per heavy atom. The van der Waals surface area contributed by atoms with E-state index in [1.54, 1.807) is 12.1 Å². The third-order valence-corrected chi connectivity index (χ3v) is 5.17. The van der Waals surface area contributed by atoms with Gasteiger partial charge in [0.25, 0.3) is 0 Å². The third kappa shape index (κ3) is 5.99. The average Bonchev–Trinajstić information content (AvgIpc) is 2.73. The number of ether oxygens (including phenoxy) is 1. The summed E-state index contributed by atoms with van der Waals surface area (Å²) < 4.78 is 70.2. The molecule has 0 saturated carbocycles. The lowest BCUT2D eigenvalue weighted by atomic mass is 9.95. The van der Waals surface area contributed by atoms with Crippen molar-refractivity contribution in [2.45, 2.75) is 45.4 Å². The molecule has 0 unspecified atom stereocenters. The largest absolute Gasteiger partial charge is 0.573 e. The Bertz CT molecular complexity index is 1040. The van der Waals surface area contributed by atoms with Crippen LogP contribution in [0, 0.1) is 11.6 Å². The first-order valence-electron chi connectivity index (χ1n) is 10.3. The minimum atomic E-state index is -4.79. The predicted molar refractivity (Wildman–Crippen MR) is 113 cm³/mol. The van der Waals surface area contributed by atoms with Gasteiger partial charge in [0.15, 0.2) is 0 Å². The Kier molecular flexibility index (Phi) is 7.38. The van der Waals surface area contributed by atoms with E-state index < -0.39 is 23.7 Å². The maximum Gasteiger partial charge on any atom is 0.573 e. The van der Waals surface area contributed by atoms with Gasteiger partial charge in [0.1, 0.15) is 23.1 Å². The van der Waals surface area contributed by atoms with E-state index in [1.165, 1.54) is 12.1 Å². The molecule has 0 spiro atoms. The molecule has 0 bridgehead atoms. The van der Waals surface area contributed by atoms with Gasteiger partial charge in [0, 0.05) is 11.6 Å². The van der Waals surface area contributed by atoms with Gasteiger partial charge in [-0.2, -0.15) is 0 Å². The molecule has 0 radical (unpaired) electrons. The van der Waals surface area contributed by atoms with E-state index in [0.717, 1.165) is 43.0 Å². The van der Waals surface area contributed by atoms with Gasteiger partial charge in [-0.25, -0.2) is 8.78 Å². The molecular weight excluding hydrogens is 427 g/mol. The number of hydrogen-bond acceptors (Lipinski definition) is 2. The third-order valence-electron chi connectivity index (χ3n) is 5.17. The first kappa shape index (κ1) is 23.6. The van der Waals surface area contributed by atoms with E-state index >= 15 is 4.39 Å². The summed E-state index contributed by atoms with van der Waals surface area (Å²) in [5.41, 5.74) is 1.86. The fraction of sp³-hybridized carbons (Fsp3) is 0.280. The van der Waals surface area contributed by atoms with Crippen molar-refractivity contribution in [1.29, 1.82) is 0 Å². The van der Waals surface area contributed by atoms with Gasteiger partial charge in [-0.05, 0) is 54.5 Å². The molecule has 32 heavy (non-hydrogen) atoms. The Balaban J connectivity index is 1.79. The van der Waals surface area contributed by atoms with Crippen LogP contribution in [0.5, 0.6) is 11.5 Å². The van der Waals surface area contributed by atoms with Crippen molar-refractivity contribution in [2.75, 3.05) is 0 Å². The summed E-state index contributed by atoms with van der Waals surface area (Å²) in [6, 6.07) is 13.1. The van der Waals surface area contributed by atoms with Crippen molar-refractivity contribution in [1.82, 2.24) is 0 Å². The summed E-state index contributed by atoms with van der Waals surface area (Å²) in [4.78, 5) is 0. The molecule has 0 aromatic heterocycles. The first-order chi connectivity index (χ1) is 15.2. The molecule has 0 aliphatic rings. The number of alkyl halides is 3. The van der Waals surface area contributed by atoms with Crippen molar-refractivity contribution in [3.63, 3.8) is 0 Å².